The molecule has 0 aromatic carbocycles. The highest BCUT2D eigenvalue weighted by atomic mass is 16.5. The minimum Gasteiger partial charge on any atom is -0.481 e. The van der Waals surface area contributed by atoms with E-state index in [0.717, 1.165) is 0 Å². The summed E-state index contributed by atoms with van der Waals surface area (Å²) in [6.07, 6.45) is 1.12. The molecule has 2 saturated heterocycles. The van der Waals surface area contributed by atoms with Crippen LogP contribution in [0.4, 0.5) is 4.79 Å². The summed E-state index contributed by atoms with van der Waals surface area (Å²) >= 11 is 0. The smallest absolute Gasteiger partial charge is 0.320 e. The lowest BCUT2D eigenvalue weighted by atomic mass is 9.97. The largest absolute Gasteiger partial charge is 0.481 e. The highest BCUT2D eigenvalue weighted by molar-refractivity contribution is 5.75. The minimum atomic E-state index is -0.752. The van der Waals surface area contributed by atoms with Crippen LogP contribution in [0, 0.1) is 5.92 Å². The first-order chi connectivity index (χ1) is 9.28. The fraction of sp³-hybridized carbons (Fsp3) is 0.857. The number of hydrogen-bond donors (Lipinski definition) is 1. The Bertz CT molecular complexity index is 389. The van der Waals surface area contributed by atoms with Crippen molar-refractivity contribution in [2.45, 2.75) is 45.3 Å². The average molecular weight is 284 g/mol. The SMILES string of the molecule is CC1CN(C(=O)N2CCC(C(=O)O)CC2)CC(C)(C)O1. The van der Waals surface area contributed by atoms with Gasteiger partial charge in [0, 0.05) is 19.6 Å². The third-order valence-electron chi connectivity index (χ3n) is 3.95. The fourth-order valence-corrected chi connectivity index (χ4v) is 3.12. The van der Waals surface area contributed by atoms with E-state index in [-0.39, 0.29) is 23.7 Å². The molecule has 114 valence electrons. The van der Waals surface area contributed by atoms with Crippen molar-refractivity contribution in [3.05, 3.63) is 0 Å². The minimum absolute atomic E-state index is 0.0112. The topological polar surface area (TPSA) is 70.1 Å². The fourth-order valence-electron chi connectivity index (χ4n) is 3.12. The number of carboxylic acid groups (broad SMARTS) is 1. The molecule has 0 radical (unpaired) electrons. The molecule has 1 unspecified atom stereocenters. The van der Waals surface area contributed by atoms with Gasteiger partial charge in [-0.15, -0.1) is 0 Å². The van der Waals surface area contributed by atoms with Crippen LogP contribution < -0.4 is 0 Å². The number of urea groups is 1. The Kier molecular flexibility index (Phi) is 4.22. The summed E-state index contributed by atoms with van der Waals surface area (Å²) < 4.78 is 5.80. The summed E-state index contributed by atoms with van der Waals surface area (Å²) in [5, 5.41) is 8.98. The van der Waals surface area contributed by atoms with Crippen LogP contribution in [0.2, 0.25) is 0 Å². The molecule has 1 atom stereocenters. The Morgan fingerprint density at radius 2 is 1.80 bits per heavy atom. The number of carbonyl (C=O) groups is 2. The molecule has 2 aliphatic rings. The van der Waals surface area contributed by atoms with Gasteiger partial charge in [0.1, 0.15) is 0 Å². The number of carbonyl (C=O) groups excluding carboxylic acids is 1. The van der Waals surface area contributed by atoms with E-state index >= 15 is 0 Å². The van der Waals surface area contributed by atoms with E-state index in [0.29, 0.717) is 39.0 Å². The van der Waals surface area contributed by atoms with Crippen LogP contribution in [0.3, 0.4) is 0 Å². The lowest BCUT2D eigenvalue weighted by Crippen LogP contribution is -2.57. The Morgan fingerprint density at radius 1 is 1.20 bits per heavy atom. The van der Waals surface area contributed by atoms with Gasteiger partial charge in [-0.2, -0.15) is 0 Å². The summed E-state index contributed by atoms with van der Waals surface area (Å²) in [4.78, 5) is 27.0. The molecule has 2 amide bonds. The molecule has 1 N–H and O–H groups in total. The van der Waals surface area contributed by atoms with Crippen LogP contribution in [0.15, 0.2) is 0 Å². The van der Waals surface area contributed by atoms with E-state index in [4.69, 9.17) is 9.84 Å². The molecule has 0 aromatic heterocycles. The normalized spacial score (nSPS) is 27.4. The number of rotatable bonds is 1. The van der Waals surface area contributed by atoms with Crippen LogP contribution in [-0.2, 0) is 9.53 Å². The van der Waals surface area contributed by atoms with Crippen molar-refractivity contribution in [1.82, 2.24) is 9.80 Å². The van der Waals surface area contributed by atoms with E-state index in [2.05, 4.69) is 0 Å². The zero-order valence-electron chi connectivity index (χ0n) is 12.5. The summed E-state index contributed by atoms with van der Waals surface area (Å²) in [5.74, 6) is -1.06. The Labute approximate surface area is 119 Å². The van der Waals surface area contributed by atoms with Crippen LogP contribution in [0.5, 0.6) is 0 Å². The van der Waals surface area contributed by atoms with E-state index in [9.17, 15) is 9.59 Å². The van der Waals surface area contributed by atoms with Crippen LogP contribution in [-0.4, -0.2) is 64.8 Å². The lowest BCUT2D eigenvalue weighted by molar-refractivity contribution is -0.143. The van der Waals surface area contributed by atoms with Crippen LogP contribution in [0.1, 0.15) is 33.6 Å². The first-order valence-corrected chi connectivity index (χ1v) is 7.23. The zero-order valence-corrected chi connectivity index (χ0v) is 12.5. The Morgan fingerprint density at radius 3 is 2.30 bits per heavy atom. The summed E-state index contributed by atoms with van der Waals surface area (Å²) in [6.45, 7) is 8.18. The quantitative estimate of drug-likeness (QED) is 0.790. The number of nitrogens with zero attached hydrogens (tertiary/aromatic N) is 2. The number of morpholine rings is 1. The molecule has 6 heteroatoms. The van der Waals surface area contributed by atoms with Gasteiger partial charge in [0.15, 0.2) is 0 Å². The maximum Gasteiger partial charge on any atom is 0.320 e. The molecular formula is C14H24N2O4. The molecule has 0 saturated carbocycles. The maximum absolute atomic E-state index is 12.5. The molecular weight excluding hydrogens is 260 g/mol. The number of ether oxygens (including phenoxy) is 1. The molecule has 2 rings (SSSR count). The third-order valence-corrected chi connectivity index (χ3v) is 3.95. The van der Waals surface area contributed by atoms with Gasteiger partial charge in [-0.05, 0) is 33.6 Å². The van der Waals surface area contributed by atoms with E-state index in [1.54, 1.807) is 4.90 Å². The van der Waals surface area contributed by atoms with Crippen molar-refractivity contribution < 1.29 is 19.4 Å². The molecule has 0 bridgehead atoms. The molecule has 2 fully saturated rings. The Hall–Kier alpha value is -1.30. The number of carboxylic acids is 1. The number of hydrogen-bond acceptors (Lipinski definition) is 3. The average Bonchev–Trinajstić information content (AvgIpc) is 2.35. The second kappa shape index (κ2) is 5.60. The number of aliphatic carboxylic acids is 1. The van der Waals surface area contributed by atoms with Gasteiger partial charge in [-0.3, -0.25) is 4.79 Å². The summed E-state index contributed by atoms with van der Waals surface area (Å²) in [6, 6.07) is 0.0112. The number of likely N-dealkylation sites (tertiary alicyclic amines) is 1. The zero-order chi connectivity index (χ0) is 14.9. The molecule has 0 spiro atoms. The highest BCUT2D eigenvalue weighted by Crippen LogP contribution is 2.24. The van der Waals surface area contributed by atoms with Crippen molar-refractivity contribution in [2.75, 3.05) is 26.2 Å². The van der Waals surface area contributed by atoms with Crippen molar-refractivity contribution in [1.29, 1.82) is 0 Å². The van der Waals surface area contributed by atoms with Crippen LogP contribution >= 0.6 is 0 Å². The van der Waals surface area contributed by atoms with Gasteiger partial charge in [0.25, 0.3) is 0 Å². The van der Waals surface area contributed by atoms with E-state index in [1.807, 2.05) is 25.7 Å². The van der Waals surface area contributed by atoms with Gasteiger partial charge in [-0.25, -0.2) is 4.79 Å². The first-order valence-electron chi connectivity index (χ1n) is 7.23. The Balaban J connectivity index is 1.93. The molecule has 2 aliphatic heterocycles. The molecule has 0 aliphatic carbocycles. The second-order valence-electron chi connectivity index (χ2n) is 6.45. The summed E-state index contributed by atoms with van der Waals surface area (Å²) in [5.41, 5.74) is -0.327. The van der Waals surface area contributed by atoms with E-state index < -0.39 is 5.97 Å². The summed E-state index contributed by atoms with van der Waals surface area (Å²) in [7, 11) is 0. The van der Waals surface area contributed by atoms with Crippen molar-refractivity contribution in [2.24, 2.45) is 5.92 Å². The van der Waals surface area contributed by atoms with Gasteiger partial charge in [-0.1, -0.05) is 0 Å². The van der Waals surface area contributed by atoms with Gasteiger partial charge in [0.2, 0.25) is 0 Å². The molecule has 6 nitrogen and oxygen atoms in total. The van der Waals surface area contributed by atoms with Gasteiger partial charge >= 0.3 is 12.0 Å². The van der Waals surface area contributed by atoms with Crippen molar-refractivity contribution in [3.63, 3.8) is 0 Å². The van der Waals surface area contributed by atoms with Crippen molar-refractivity contribution in [3.8, 4) is 0 Å². The van der Waals surface area contributed by atoms with Crippen molar-refractivity contribution >= 4 is 12.0 Å². The number of amides is 2. The monoisotopic (exact) mass is 284 g/mol. The molecule has 0 aromatic rings. The first kappa shape index (κ1) is 15.1. The van der Waals surface area contributed by atoms with Gasteiger partial charge in [0.05, 0.1) is 24.2 Å². The van der Waals surface area contributed by atoms with Gasteiger partial charge < -0.3 is 19.6 Å². The predicted octanol–water partition coefficient (Wildman–Crippen LogP) is 1.40. The highest BCUT2D eigenvalue weighted by Gasteiger charge is 2.36. The third kappa shape index (κ3) is 3.42. The van der Waals surface area contributed by atoms with E-state index in [1.165, 1.54) is 0 Å². The maximum atomic E-state index is 12.5. The predicted molar refractivity (Wildman–Crippen MR) is 73.5 cm³/mol. The second-order valence-corrected chi connectivity index (χ2v) is 6.45. The molecule has 2 heterocycles. The lowest BCUT2D eigenvalue weighted by Gasteiger charge is -2.44. The van der Waals surface area contributed by atoms with Crippen LogP contribution in [0.25, 0.3) is 0 Å². The standard InChI is InChI=1S/C14H24N2O4/c1-10-8-16(9-14(2,3)20-10)13(19)15-6-4-11(5-7-15)12(17)18/h10-11H,4-9H2,1-3H3,(H,17,18). The molecule has 20 heavy (non-hydrogen) atoms. The number of piperidine rings is 1.